The fourth-order valence-electron chi connectivity index (χ4n) is 2.37. The van der Waals surface area contributed by atoms with Crippen LogP contribution in [0.2, 0.25) is 10.0 Å². The number of para-hydroxylation sites is 1. The molecule has 0 atom stereocenters. The molecule has 2 amide bonds. The molecule has 2 aromatic carbocycles. The molecule has 0 radical (unpaired) electrons. The van der Waals surface area contributed by atoms with Gasteiger partial charge in [0.25, 0.3) is 0 Å². The molecule has 0 fully saturated rings. The summed E-state index contributed by atoms with van der Waals surface area (Å²) in [6, 6.07) is 8.17. The van der Waals surface area contributed by atoms with Crippen molar-refractivity contribution in [3.8, 4) is 17.2 Å². The quantitative estimate of drug-likeness (QED) is 0.725. The predicted molar refractivity (Wildman–Crippen MR) is 103 cm³/mol. The highest BCUT2D eigenvalue weighted by atomic mass is 35.5. The molecule has 2 rings (SSSR count). The third-order valence-corrected chi connectivity index (χ3v) is 4.30. The summed E-state index contributed by atoms with van der Waals surface area (Å²) in [4.78, 5) is 12.1. The Hall–Kier alpha value is -2.31. The van der Waals surface area contributed by atoms with E-state index in [4.69, 9.17) is 37.4 Å². The maximum absolute atomic E-state index is 12.1. The van der Waals surface area contributed by atoms with E-state index in [1.807, 2.05) is 6.07 Å². The summed E-state index contributed by atoms with van der Waals surface area (Å²) in [7, 11) is 4.69. The van der Waals surface area contributed by atoms with E-state index in [-0.39, 0.29) is 0 Å². The van der Waals surface area contributed by atoms with Crippen LogP contribution < -0.4 is 24.8 Å². The lowest BCUT2D eigenvalue weighted by Gasteiger charge is -2.15. The van der Waals surface area contributed by atoms with Gasteiger partial charge in [-0.2, -0.15) is 0 Å². The number of methoxy groups -OCH3 is 3. The van der Waals surface area contributed by atoms with Crippen LogP contribution in [-0.4, -0.2) is 33.9 Å². The van der Waals surface area contributed by atoms with E-state index in [0.717, 1.165) is 5.56 Å². The zero-order valence-electron chi connectivity index (χ0n) is 14.7. The van der Waals surface area contributed by atoms with Gasteiger partial charge in [-0.1, -0.05) is 29.3 Å². The molecule has 2 aromatic rings. The Kier molecular flexibility index (Phi) is 7.24. The summed E-state index contributed by atoms with van der Waals surface area (Å²) >= 11 is 12.1. The molecule has 0 aliphatic rings. The molecule has 0 aromatic heterocycles. The molecular weight excluding hydrogens is 379 g/mol. The minimum Gasteiger partial charge on any atom is -0.496 e. The first-order valence-electron chi connectivity index (χ1n) is 7.78. The molecule has 26 heavy (non-hydrogen) atoms. The zero-order valence-corrected chi connectivity index (χ0v) is 16.2. The van der Waals surface area contributed by atoms with Crippen LogP contribution in [0.15, 0.2) is 30.3 Å². The third kappa shape index (κ3) is 4.86. The van der Waals surface area contributed by atoms with Gasteiger partial charge in [-0.05, 0) is 30.2 Å². The second-order valence-electron chi connectivity index (χ2n) is 5.25. The van der Waals surface area contributed by atoms with Crippen LogP contribution in [-0.2, 0) is 6.42 Å². The van der Waals surface area contributed by atoms with E-state index in [2.05, 4.69) is 10.6 Å². The zero-order chi connectivity index (χ0) is 19.1. The molecule has 0 unspecified atom stereocenters. The first-order valence-corrected chi connectivity index (χ1v) is 8.53. The number of halogens is 2. The van der Waals surface area contributed by atoms with Gasteiger partial charge in [0.1, 0.15) is 5.75 Å². The molecule has 2 N–H and O–H groups in total. The molecular formula is C18H20Cl2N2O4. The molecule has 0 spiro atoms. The number of ether oxygens (including phenoxy) is 3. The normalized spacial score (nSPS) is 10.2. The Morgan fingerprint density at radius 3 is 2.12 bits per heavy atom. The lowest BCUT2D eigenvalue weighted by Crippen LogP contribution is -2.30. The van der Waals surface area contributed by atoms with Crippen LogP contribution in [0.5, 0.6) is 17.2 Å². The number of carbonyl (C=O) groups is 1. The fourth-order valence-corrected chi connectivity index (χ4v) is 2.87. The Labute approximate surface area is 162 Å². The number of urea groups is 1. The maximum atomic E-state index is 12.1. The third-order valence-electron chi connectivity index (χ3n) is 3.67. The highest BCUT2D eigenvalue weighted by molar-refractivity contribution is 6.39. The van der Waals surface area contributed by atoms with Crippen LogP contribution in [0, 0.1) is 0 Å². The van der Waals surface area contributed by atoms with Crippen molar-refractivity contribution >= 4 is 34.9 Å². The van der Waals surface area contributed by atoms with E-state index >= 15 is 0 Å². The second-order valence-corrected chi connectivity index (χ2v) is 6.06. The molecule has 140 valence electrons. The Bertz CT molecular complexity index is 764. The Morgan fingerprint density at radius 1 is 0.962 bits per heavy atom. The first kappa shape index (κ1) is 20.0. The average Bonchev–Trinajstić information content (AvgIpc) is 2.64. The summed E-state index contributed by atoms with van der Waals surface area (Å²) < 4.78 is 15.9. The number of hydrogen-bond acceptors (Lipinski definition) is 4. The number of rotatable bonds is 7. The standard InChI is InChI=1S/C18H20Cl2N2O4/c1-24-14-10-16(26-3)15(25-2)9-11(14)7-8-21-18(23)22-17-12(19)5-4-6-13(17)20/h4-6,9-10H,7-8H2,1-3H3,(H2,21,22,23). The van der Waals surface area contributed by atoms with Crippen LogP contribution in [0.25, 0.3) is 0 Å². The fraction of sp³-hybridized carbons (Fsp3) is 0.278. The van der Waals surface area contributed by atoms with Gasteiger partial charge >= 0.3 is 6.03 Å². The van der Waals surface area contributed by atoms with Crippen molar-refractivity contribution in [2.75, 3.05) is 33.2 Å². The van der Waals surface area contributed by atoms with Crippen LogP contribution in [0.1, 0.15) is 5.56 Å². The smallest absolute Gasteiger partial charge is 0.319 e. The van der Waals surface area contributed by atoms with Crippen LogP contribution in [0.4, 0.5) is 10.5 Å². The van der Waals surface area contributed by atoms with Gasteiger partial charge in [0, 0.05) is 12.6 Å². The van der Waals surface area contributed by atoms with Gasteiger partial charge in [0.15, 0.2) is 11.5 Å². The van der Waals surface area contributed by atoms with Gasteiger partial charge < -0.3 is 24.8 Å². The van der Waals surface area contributed by atoms with E-state index < -0.39 is 6.03 Å². The number of nitrogens with one attached hydrogen (secondary N) is 2. The SMILES string of the molecule is COc1cc(OC)c(OC)cc1CCNC(=O)Nc1c(Cl)cccc1Cl. The van der Waals surface area contributed by atoms with Gasteiger partial charge in [0.05, 0.1) is 37.1 Å². The first-order chi connectivity index (χ1) is 12.5. The second kappa shape index (κ2) is 9.40. The lowest BCUT2D eigenvalue weighted by molar-refractivity contribution is 0.252. The predicted octanol–water partition coefficient (Wildman–Crippen LogP) is 4.38. The van der Waals surface area contributed by atoms with E-state index in [0.29, 0.717) is 45.9 Å². The maximum Gasteiger partial charge on any atom is 0.319 e. The molecule has 0 aliphatic carbocycles. The minimum atomic E-state index is -0.403. The van der Waals surface area contributed by atoms with Crippen LogP contribution in [0.3, 0.4) is 0 Å². The molecule has 0 aliphatic heterocycles. The molecule has 0 saturated heterocycles. The number of benzene rings is 2. The molecule has 0 heterocycles. The highest BCUT2D eigenvalue weighted by Crippen LogP contribution is 2.34. The van der Waals surface area contributed by atoms with Gasteiger partial charge in [-0.25, -0.2) is 4.79 Å². The summed E-state index contributed by atoms with van der Waals surface area (Å²) in [5, 5.41) is 6.14. The van der Waals surface area contributed by atoms with Crippen molar-refractivity contribution in [2.45, 2.75) is 6.42 Å². The summed E-state index contributed by atoms with van der Waals surface area (Å²) in [6.45, 7) is 0.375. The molecule has 8 heteroatoms. The minimum absolute atomic E-state index is 0.370. The van der Waals surface area contributed by atoms with Crippen molar-refractivity contribution in [3.05, 3.63) is 45.9 Å². The van der Waals surface area contributed by atoms with Crippen molar-refractivity contribution in [1.82, 2.24) is 5.32 Å². The summed E-state index contributed by atoms with van der Waals surface area (Å²) in [5.41, 5.74) is 1.25. The van der Waals surface area contributed by atoms with Crippen molar-refractivity contribution in [2.24, 2.45) is 0 Å². The van der Waals surface area contributed by atoms with Gasteiger partial charge in [0.2, 0.25) is 0 Å². The van der Waals surface area contributed by atoms with Crippen molar-refractivity contribution in [3.63, 3.8) is 0 Å². The Balaban J connectivity index is 2.00. The largest absolute Gasteiger partial charge is 0.496 e. The van der Waals surface area contributed by atoms with Crippen molar-refractivity contribution < 1.29 is 19.0 Å². The Morgan fingerprint density at radius 2 is 1.54 bits per heavy atom. The molecule has 6 nitrogen and oxygen atoms in total. The van der Waals surface area contributed by atoms with E-state index in [9.17, 15) is 4.79 Å². The van der Waals surface area contributed by atoms with Gasteiger partial charge in [-0.15, -0.1) is 0 Å². The topological polar surface area (TPSA) is 68.8 Å². The van der Waals surface area contributed by atoms with Gasteiger partial charge in [-0.3, -0.25) is 0 Å². The van der Waals surface area contributed by atoms with Crippen molar-refractivity contribution in [1.29, 1.82) is 0 Å². The van der Waals surface area contributed by atoms with E-state index in [1.165, 1.54) is 0 Å². The average molecular weight is 399 g/mol. The van der Waals surface area contributed by atoms with E-state index in [1.54, 1.807) is 45.6 Å². The number of anilines is 1. The number of amides is 2. The molecule has 0 saturated carbocycles. The monoisotopic (exact) mass is 398 g/mol. The summed E-state index contributed by atoms with van der Waals surface area (Å²) in [6.07, 6.45) is 0.535. The molecule has 0 bridgehead atoms. The number of hydrogen-bond donors (Lipinski definition) is 2. The van der Waals surface area contributed by atoms with Crippen LogP contribution >= 0.6 is 23.2 Å². The number of carbonyl (C=O) groups excluding carboxylic acids is 1. The highest BCUT2D eigenvalue weighted by Gasteiger charge is 2.13. The summed E-state index contributed by atoms with van der Waals surface area (Å²) in [5.74, 6) is 1.82. The lowest BCUT2D eigenvalue weighted by atomic mass is 10.1.